The summed E-state index contributed by atoms with van der Waals surface area (Å²) in [7, 11) is 0. The third-order valence-electron chi connectivity index (χ3n) is 2.81. The molecule has 0 aliphatic heterocycles. The molecule has 1 aromatic rings. The van der Waals surface area contributed by atoms with Crippen molar-refractivity contribution in [2.75, 3.05) is 11.5 Å². The van der Waals surface area contributed by atoms with Crippen LogP contribution in [0.15, 0.2) is 23.3 Å². The van der Waals surface area contributed by atoms with Gasteiger partial charge in [0.2, 0.25) is 0 Å². The Hall–Kier alpha value is -2.08. The molecule has 0 spiro atoms. The first-order valence-corrected chi connectivity index (χ1v) is 6.62. The summed E-state index contributed by atoms with van der Waals surface area (Å²) in [4.78, 5) is 17.9. The van der Waals surface area contributed by atoms with Gasteiger partial charge in [0.1, 0.15) is 6.34 Å². The predicted octanol–water partition coefficient (Wildman–Crippen LogP) is 2.45. The monoisotopic (exact) mass is 278 g/mol. The van der Waals surface area contributed by atoms with E-state index in [0.29, 0.717) is 6.61 Å². The van der Waals surface area contributed by atoms with Gasteiger partial charge in [-0.1, -0.05) is 31.5 Å². The second kappa shape index (κ2) is 8.16. The SMILES string of the molecule is CCCCONN=CN(C(N)=O)c1c(C)cccc1C. The second-order valence-corrected chi connectivity index (χ2v) is 4.49. The molecule has 1 rings (SSSR count). The molecule has 20 heavy (non-hydrogen) atoms. The van der Waals surface area contributed by atoms with Crippen molar-refractivity contribution in [3.8, 4) is 0 Å². The lowest BCUT2D eigenvalue weighted by molar-refractivity contribution is 0.0416. The zero-order valence-corrected chi connectivity index (χ0v) is 12.2. The Morgan fingerprint density at radius 1 is 1.45 bits per heavy atom. The number of rotatable bonds is 7. The summed E-state index contributed by atoms with van der Waals surface area (Å²) in [5, 5.41) is 3.85. The van der Waals surface area contributed by atoms with E-state index in [0.717, 1.165) is 29.7 Å². The largest absolute Gasteiger partial charge is 0.351 e. The number of hydrogen-bond acceptors (Lipinski definition) is 4. The van der Waals surface area contributed by atoms with Crippen molar-refractivity contribution in [1.82, 2.24) is 5.59 Å². The van der Waals surface area contributed by atoms with E-state index in [2.05, 4.69) is 17.6 Å². The van der Waals surface area contributed by atoms with Gasteiger partial charge in [0.05, 0.1) is 12.3 Å². The first-order valence-electron chi connectivity index (χ1n) is 6.62. The molecule has 2 amide bonds. The minimum atomic E-state index is -0.596. The summed E-state index contributed by atoms with van der Waals surface area (Å²) >= 11 is 0. The standard InChI is InChI=1S/C14H22N4O2/c1-4-5-9-20-17-16-10-18(14(15)19)13-11(2)7-6-8-12(13)3/h6-8,10,17H,4-5,9H2,1-3H3,(H2,15,19). The number of aryl methyl sites for hydroxylation is 2. The molecule has 0 aliphatic rings. The third kappa shape index (κ3) is 4.55. The second-order valence-electron chi connectivity index (χ2n) is 4.49. The van der Waals surface area contributed by atoms with Gasteiger partial charge in [0.15, 0.2) is 0 Å². The topological polar surface area (TPSA) is 79.9 Å². The van der Waals surface area contributed by atoms with Gasteiger partial charge in [0, 0.05) is 0 Å². The van der Waals surface area contributed by atoms with E-state index < -0.39 is 6.03 Å². The zero-order chi connectivity index (χ0) is 15.0. The lowest BCUT2D eigenvalue weighted by Crippen LogP contribution is -2.36. The highest BCUT2D eigenvalue weighted by atomic mass is 16.7. The molecule has 0 unspecified atom stereocenters. The van der Waals surface area contributed by atoms with E-state index in [4.69, 9.17) is 10.6 Å². The summed E-state index contributed by atoms with van der Waals surface area (Å²) in [6.45, 7) is 6.46. The van der Waals surface area contributed by atoms with Gasteiger partial charge in [-0.05, 0) is 31.4 Å². The highest BCUT2D eigenvalue weighted by Gasteiger charge is 2.14. The minimum absolute atomic E-state index is 0.563. The van der Waals surface area contributed by atoms with Crippen LogP contribution < -0.4 is 16.2 Å². The molecule has 0 bridgehead atoms. The maximum Gasteiger partial charge on any atom is 0.324 e. The molecule has 0 aliphatic carbocycles. The number of unbranched alkanes of at least 4 members (excludes halogenated alkanes) is 1. The van der Waals surface area contributed by atoms with Gasteiger partial charge in [-0.3, -0.25) is 9.74 Å². The number of carbonyl (C=O) groups is 1. The Morgan fingerprint density at radius 3 is 2.65 bits per heavy atom. The van der Waals surface area contributed by atoms with Crippen LogP contribution >= 0.6 is 0 Å². The van der Waals surface area contributed by atoms with Gasteiger partial charge in [-0.25, -0.2) is 4.79 Å². The summed E-state index contributed by atoms with van der Waals surface area (Å²) in [6.07, 6.45) is 3.31. The van der Waals surface area contributed by atoms with Crippen molar-refractivity contribution >= 4 is 18.1 Å². The fourth-order valence-corrected chi connectivity index (χ4v) is 1.79. The van der Waals surface area contributed by atoms with Gasteiger partial charge in [0.25, 0.3) is 0 Å². The molecule has 0 aromatic heterocycles. The number of urea groups is 1. The zero-order valence-electron chi connectivity index (χ0n) is 12.2. The molecule has 1 aromatic carbocycles. The number of hydrogen-bond donors (Lipinski definition) is 2. The summed E-state index contributed by atoms with van der Waals surface area (Å²) in [5.74, 6) is 0. The number of primary amides is 1. The first kappa shape index (κ1) is 16.0. The van der Waals surface area contributed by atoms with Crippen LogP contribution in [0.25, 0.3) is 0 Å². The smallest absolute Gasteiger partial charge is 0.324 e. The molecule has 0 saturated carbocycles. The van der Waals surface area contributed by atoms with Crippen LogP contribution in [0.2, 0.25) is 0 Å². The van der Waals surface area contributed by atoms with Crippen LogP contribution in [-0.4, -0.2) is 19.0 Å². The summed E-state index contributed by atoms with van der Waals surface area (Å²) in [5.41, 5.74) is 10.5. The van der Waals surface area contributed by atoms with Crippen molar-refractivity contribution in [3.05, 3.63) is 29.3 Å². The molecular weight excluding hydrogens is 256 g/mol. The number of benzene rings is 1. The normalized spacial score (nSPS) is 10.8. The van der Waals surface area contributed by atoms with Gasteiger partial charge < -0.3 is 5.73 Å². The molecule has 3 N–H and O–H groups in total. The number of anilines is 1. The highest BCUT2D eigenvalue weighted by molar-refractivity contribution is 6.07. The quantitative estimate of drug-likeness (QED) is 0.348. The molecule has 6 nitrogen and oxygen atoms in total. The van der Waals surface area contributed by atoms with Crippen molar-refractivity contribution in [2.24, 2.45) is 10.8 Å². The van der Waals surface area contributed by atoms with Crippen LogP contribution in [0.1, 0.15) is 30.9 Å². The Balaban J connectivity index is 2.75. The number of hydrazone groups is 1. The van der Waals surface area contributed by atoms with E-state index in [1.165, 1.54) is 11.2 Å². The Morgan fingerprint density at radius 2 is 2.10 bits per heavy atom. The Labute approximate surface area is 119 Å². The van der Waals surface area contributed by atoms with Crippen molar-refractivity contribution in [3.63, 3.8) is 0 Å². The average Bonchev–Trinajstić information content (AvgIpc) is 2.39. The van der Waals surface area contributed by atoms with Crippen molar-refractivity contribution in [2.45, 2.75) is 33.6 Å². The molecule has 0 saturated heterocycles. The minimum Gasteiger partial charge on any atom is -0.351 e. The van der Waals surface area contributed by atoms with Crippen LogP contribution in [0.5, 0.6) is 0 Å². The predicted molar refractivity (Wildman–Crippen MR) is 80.5 cm³/mol. The van der Waals surface area contributed by atoms with Gasteiger partial charge >= 0.3 is 6.03 Å². The maximum atomic E-state index is 11.6. The number of nitrogens with one attached hydrogen (secondary N) is 1. The average molecular weight is 278 g/mol. The molecule has 0 radical (unpaired) electrons. The molecule has 0 fully saturated rings. The van der Waals surface area contributed by atoms with Gasteiger partial charge in [-0.15, -0.1) is 5.10 Å². The number of nitrogens with zero attached hydrogens (tertiary/aromatic N) is 2. The van der Waals surface area contributed by atoms with E-state index in [-0.39, 0.29) is 0 Å². The van der Waals surface area contributed by atoms with Crippen LogP contribution in [-0.2, 0) is 4.84 Å². The van der Waals surface area contributed by atoms with Gasteiger partial charge in [-0.2, -0.15) is 5.59 Å². The Bertz CT molecular complexity index is 454. The maximum absolute atomic E-state index is 11.6. The number of carbonyl (C=O) groups excluding carboxylic acids is 1. The van der Waals surface area contributed by atoms with E-state index in [1.54, 1.807) is 0 Å². The third-order valence-corrected chi connectivity index (χ3v) is 2.81. The van der Waals surface area contributed by atoms with E-state index in [9.17, 15) is 4.79 Å². The lowest BCUT2D eigenvalue weighted by Gasteiger charge is -2.19. The fourth-order valence-electron chi connectivity index (χ4n) is 1.79. The van der Waals surface area contributed by atoms with Crippen LogP contribution in [0.3, 0.4) is 0 Å². The summed E-state index contributed by atoms with van der Waals surface area (Å²) in [6, 6.07) is 5.16. The highest BCUT2D eigenvalue weighted by Crippen LogP contribution is 2.23. The Kier molecular flexibility index (Phi) is 6.52. The van der Waals surface area contributed by atoms with Crippen molar-refractivity contribution < 1.29 is 9.63 Å². The number of para-hydroxylation sites is 1. The molecule has 110 valence electrons. The molecular formula is C14H22N4O2. The van der Waals surface area contributed by atoms with E-state index >= 15 is 0 Å². The molecule has 0 heterocycles. The lowest BCUT2D eigenvalue weighted by atomic mass is 10.1. The van der Waals surface area contributed by atoms with Crippen LogP contribution in [0, 0.1) is 13.8 Å². The van der Waals surface area contributed by atoms with Crippen LogP contribution in [0.4, 0.5) is 10.5 Å². The number of nitrogens with two attached hydrogens (primary N) is 1. The first-order chi connectivity index (χ1) is 9.57. The molecule has 0 atom stereocenters. The van der Waals surface area contributed by atoms with E-state index in [1.807, 2.05) is 32.0 Å². The molecule has 6 heteroatoms. The fraction of sp³-hybridized carbons (Fsp3) is 0.429. The van der Waals surface area contributed by atoms with Crippen molar-refractivity contribution in [1.29, 1.82) is 0 Å². The number of amides is 2. The summed E-state index contributed by atoms with van der Waals surface area (Å²) < 4.78 is 0.